The molecule has 5 rings (SSSR count). The van der Waals surface area contributed by atoms with E-state index in [1.54, 1.807) is 0 Å². The van der Waals surface area contributed by atoms with E-state index >= 15 is 0 Å². The molecule has 0 bridgehead atoms. The Morgan fingerprint density at radius 2 is 1.97 bits per heavy atom. The zero-order chi connectivity index (χ0) is 23.9. The van der Waals surface area contributed by atoms with E-state index in [1.165, 1.54) is 38.5 Å². The minimum absolute atomic E-state index is 0.196. The molecule has 0 spiro atoms. The summed E-state index contributed by atoms with van der Waals surface area (Å²) in [5, 5.41) is 16.5. The fourth-order valence-corrected chi connectivity index (χ4v) is 8.23. The highest BCUT2D eigenvalue weighted by Gasteiger charge is 2.54. The van der Waals surface area contributed by atoms with Crippen LogP contribution in [0.2, 0.25) is 0 Å². The number of hydrogen-bond acceptors (Lipinski definition) is 3. The quantitative estimate of drug-likeness (QED) is 0.490. The molecule has 4 nitrogen and oxygen atoms in total. The van der Waals surface area contributed by atoms with Gasteiger partial charge in [0.05, 0.1) is 17.7 Å². The number of benzene rings is 1. The van der Waals surface area contributed by atoms with Crippen LogP contribution in [0.5, 0.6) is 0 Å². The van der Waals surface area contributed by atoms with Gasteiger partial charge >= 0.3 is 0 Å². The van der Waals surface area contributed by atoms with Crippen LogP contribution in [0.15, 0.2) is 30.5 Å². The molecular weight excluding hydrogens is 420 g/mol. The van der Waals surface area contributed by atoms with E-state index < -0.39 is 5.60 Å². The number of hydrogen-bond donors (Lipinski definition) is 1. The van der Waals surface area contributed by atoms with Crippen molar-refractivity contribution < 1.29 is 9.90 Å². The van der Waals surface area contributed by atoms with E-state index in [9.17, 15) is 9.90 Å². The zero-order valence-corrected chi connectivity index (χ0v) is 21.5. The molecule has 1 N–H and O–H groups in total. The molecule has 0 unspecified atom stereocenters. The van der Waals surface area contributed by atoms with Gasteiger partial charge in [0, 0.05) is 17.5 Å². The van der Waals surface area contributed by atoms with Crippen LogP contribution in [-0.4, -0.2) is 26.3 Å². The highest BCUT2D eigenvalue weighted by atomic mass is 16.3. The highest BCUT2D eigenvalue weighted by Crippen LogP contribution is 2.61. The van der Waals surface area contributed by atoms with Gasteiger partial charge in [0.1, 0.15) is 0 Å². The van der Waals surface area contributed by atoms with Gasteiger partial charge in [-0.2, -0.15) is 5.10 Å². The van der Waals surface area contributed by atoms with Crippen molar-refractivity contribution in [3.05, 3.63) is 30.5 Å². The molecule has 1 aromatic heterocycles. The summed E-state index contributed by atoms with van der Waals surface area (Å²) in [5.41, 5.74) is 0.848. The first-order valence-electron chi connectivity index (χ1n) is 14.0. The highest BCUT2D eigenvalue weighted by molar-refractivity contribution is 5.82. The first-order valence-corrected chi connectivity index (χ1v) is 14.0. The molecule has 0 amide bonds. The number of Topliss-reactive ketones (excluding diaryl/α,β-unsaturated/α-hetero) is 1. The molecule has 0 radical (unpaired) electrons. The minimum atomic E-state index is -0.478. The van der Waals surface area contributed by atoms with Gasteiger partial charge in [-0.25, -0.2) is 0 Å². The van der Waals surface area contributed by atoms with Gasteiger partial charge in [0.2, 0.25) is 0 Å². The maximum atomic E-state index is 13.2. The van der Waals surface area contributed by atoms with Gasteiger partial charge < -0.3 is 5.11 Å². The number of aromatic nitrogens is 2. The Morgan fingerprint density at radius 3 is 2.76 bits per heavy atom. The molecule has 3 saturated carbocycles. The summed E-state index contributed by atoms with van der Waals surface area (Å²) in [7, 11) is 0. The first-order chi connectivity index (χ1) is 16.3. The summed E-state index contributed by atoms with van der Waals surface area (Å²) in [5.74, 6) is 3.41. The maximum absolute atomic E-state index is 13.2. The lowest BCUT2D eigenvalue weighted by atomic mass is 9.48. The fraction of sp³-hybridized carbons (Fsp3) is 0.733. The van der Waals surface area contributed by atoms with Gasteiger partial charge in [-0.15, -0.1) is 0 Å². The first kappa shape index (κ1) is 24.0. The molecule has 1 heterocycles. The molecule has 3 aliphatic carbocycles. The zero-order valence-electron chi connectivity index (χ0n) is 21.5. The van der Waals surface area contributed by atoms with Crippen LogP contribution in [0.1, 0.15) is 91.4 Å². The SMILES string of the molecule is CCCC[C@H]1[C@H]([C@@H]2CC[C@H](C(=O)Cn3cc4ccccc4n3)C2)CC[C@@H]2C[C@](C)(O)CC[C@@]21C. The van der Waals surface area contributed by atoms with Crippen LogP contribution < -0.4 is 0 Å². The van der Waals surface area contributed by atoms with Crippen LogP contribution in [-0.2, 0) is 11.3 Å². The standard InChI is InChI=1S/C30H44N2O2/c1-4-5-9-26-25(14-13-24-18-29(2,34)15-16-30(24,26)3)21-11-12-22(17-21)28(33)20-32-19-23-8-6-7-10-27(23)31-32/h6-8,10,19,21-22,24-26,34H,4-5,9,11-18,20H2,1-3H3/t21-,22+,24-,25+,26+,29-,30+/m1/s1. The Kier molecular flexibility index (Phi) is 6.65. The van der Waals surface area contributed by atoms with E-state index in [0.717, 1.165) is 54.8 Å². The van der Waals surface area contributed by atoms with Crippen LogP contribution >= 0.6 is 0 Å². The molecule has 2 aromatic rings. The van der Waals surface area contributed by atoms with Crippen molar-refractivity contribution in [2.24, 2.45) is 35.0 Å². The van der Waals surface area contributed by atoms with Crippen molar-refractivity contribution in [2.45, 2.75) is 104 Å². The molecule has 4 heteroatoms. The number of fused-ring (bicyclic) bond motifs is 2. The molecule has 0 saturated heterocycles. The van der Waals surface area contributed by atoms with Gasteiger partial charge in [0.25, 0.3) is 0 Å². The number of carbonyl (C=O) groups is 1. The predicted molar refractivity (Wildman–Crippen MR) is 137 cm³/mol. The van der Waals surface area contributed by atoms with Crippen molar-refractivity contribution >= 4 is 16.7 Å². The van der Waals surface area contributed by atoms with Crippen LogP contribution in [0.4, 0.5) is 0 Å². The van der Waals surface area contributed by atoms with Crippen molar-refractivity contribution in [3.63, 3.8) is 0 Å². The average Bonchev–Trinajstić information content (AvgIpc) is 3.45. The number of rotatable bonds is 7. The summed E-state index contributed by atoms with van der Waals surface area (Å²) in [4.78, 5) is 13.2. The van der Waals surface area contributed by atoms with Crippen LogP contribution in [0.3, 0.4) is 0 Å². The van der Waals surface area contributed by atoms with E-state index in [2.05, 4.69) is 31.9 Å². The normalized spacial score (nSPS) is 38.2. The Balaban J connectivity index is 1.27. The van der Waals surface area contributed by atoms with E-state index in [0.29, 0.717) is 29.6 Å². The van der Waals surface area contributed by atoms with E-state index in [4.69, 9.17) is 0 Å². The third-order valence-electron chi connectivity index (χ3n) is 10.2. The van der Waals surface area contributed by atoms with Crippen LogP contribution in [0.25, 0.3) is 10.9 Å². The number of unbranched alkanes of at least 4 members (excludes halogenated alkanes) is 1. The summed E-state index contributed by atoms with van der Waals surface area (Å²) >= 11 is 0. The lowest BCUT2D eigenvalue weighted by Crippen LogP contribution is -2.51. The molecule has 7 atom stereocenters. The van der Waals surface area contributed by atoms with Gasteiger partial charge in [0.15, 0.2) is 5.78 Å². The van der Waals surface area contributed by atoms with E-state index in [1.807, 2.05) is 29.1 Å². The minimum Gasteiger partial charge on any atom is -0.390 e. The lowest BCUT2D eigenvalue weighted by molar-refractivity contribution is -0.125. The van der Waals surface area contributed by atoms with Gasteiger partial charge in [-0.1, -0.05) is 44.9 Å². The largest absolute Gasteiger partial charge is 0.390 e. The van der Waals surface area contributed by atoms with E-state index in [-0.39, 0.29) is 5.92 Å². The molecular formula is C30H44N2O2. The van der Waals surface area contributed by atoms with Crippen molar-refractivity contribution in [1.29, 1.82) is 0 Å². The number of aliphatic hydroxyl groups is 1. The molecule has 0 aliphatic heterocycles. The lowest BCUT2D eigenvalue weighted by Gasteiger charge is -2.58. The Morgan fingerprint density at radius 1 is 1.15 bits per heavy atom. The molecule has 34 heavy (non-hydrogen) atoms. The Labute approximate surface area is 205 Å². The summed E-state index contributed by atoms with van der Waals surface area (Å²) in [6.45, 7) is 7.33. The number of ketones is 1. The smallest absolute Gasteiger partial charge is 0.157 e. The monoisotopic (exact) mass is 464 g/mol. The Bertz CT molecular complexity index is 977. The van der Waals surface area contributed by atoms with Crippen molar-refractivity contribution in [3.8, 4) is 0 Å². The van der Waals surface area contributed by atoms with Crippen molar-refractivity contribution in [2.75, 3.05) is 0 Å². The third-order valence-corrected chi connectivity index (χ3v) is 10.2. The summed E-state index contributed by atoms with van der Waals surface area (Å²) < 4.78 is 1.85. The molecule has 3 aliphatic rings. The molecule has 1 aromatic carbocycles. The second kappa shape index (κ2) is 9.41. The topological polar surface area (TPSA) is 55.1 Å². The number of nitrogens with zero attached hydrogens (tertiary/aromatic N) is 2. The third kappa shape index (κ3) is 4.59. The number of carbonyl (C=O) groups excluding carboxylic acids is 1. The fourth-order valence-electron chi connectivity index (χ4n) is 8.23. The average molecular weight is 465 g/mol. The summed E-state index contributed by atoms with van der Waals surface area (Å²) in [6, 6.07) is 8.10. The Hall–Kier alpha value is -1.68. The van der Waals surface area contributed by atoms with Crippen molar-refractivity contribution in [1.82, 2.24) is 9.78 Å². The van der Waals surface area contributed by atoms with Crippen LogP contribution in [0, 0.1) is 35.0 Å². The van der Waals surface area contributed by atoms with Gasteiger partial charge in [-0.05, 0) is 99.9 Å². The predicted octanol–water partition coefficient (Wildman–Crippen LogP) is 6.80. The summed E-state index contributed by atoms with van der Waals surface area (Å²) in [6.07, 6.45) is 14.9. The van der Waals surface area contributed by atoms with Gasteiger partial charge in [-0.3, -0.25) is 9.48 Å². The second-order valence-electron chi connectivity index (χ2n) is 12.5. The maximum Gasteiger partial charge on any atom is 0.157 e. The second-order valence-corrected chi connectivity index (χ2v) is 12.5. The molecule has 186 valence electrons. The molecule has 3 fully saturated rings.